The molecule has 0 bridgehead atoms. The van der Waals surface area contributed by atoms with E-state index in [1.54, 1.807) is 6.26 Å². The molecule has 0 aromatic carbocycles. The van der Waals surface area contributed by atoms with Crippen LogP contribution >= 0.6 is 11.8 Å². The molecule has 3 heteroatoms. The second kappa shape index (κ2) is 6.67. The molecule has 0 radical (unpaired) electrons. The second-order valence-corrected chi connectivity index (χ2v) is 6.64. The Morgan fingerprint density at radius 2 is 2.28 bits per heavy atom. The maximum Gasteiger partial charge on any atom is 0.114 e. The van der Waals surface area contributed by atoms with E-state index in [2.05, 4.69) is 32.3 Å². The van der Waals surface area contributed by atoms with E-state index >= 15 is 0 Å². The number of aryl methyl sites for hydroxylation is 1. The molecule has 1 aromatic rings. The Morgan fingerprint density at radius 1 is 1.44 bits per heavy atom. The number of thioether (sulfide) groups is 1. The molecule has 2 rings (SSSR count). The lowest BCUT2D eigenvalue weighted by molar-refractivity contribution is 0.295. The lowest BCUT2D eigenvalue weighted by atomic mass is 9.83. The number of furan rings is 1. The summed E-state index contributed by atoms with van der Waals surface area (Å²) in [6.07, 6.45) is 8.55. The van der Waals surface area contributed by atoms with E-state index in [0.29, 0.717) is 11.3 Å². The summed E-state index contributed by atoms with van der Waals surface area (Å²) >= 11 is 2.00. The minimum atomic E-state index is 0.650. The van der Waals surface area contributed by atoms with Crippen molar-refractivity contribution in [3.05, 3.63) is 18.1 Å². The molecule has 2 nitrogen and oxygen atoms in total. The van der Waals surface area contributed by atoms with Gasteiger partial charge in [-0.15, -0.1) is 11.8 Å². The number of rotatable bonds is 5. The van der Waals surface area contributed by atoms with E-state index in [1.807, 2.05) is 11.8 Å². The van der Waals surface area contributed by atoms with Gasteiger partial charge in [0.15, 0.2) is 0 Å². The molecule has 1 heterocycles. The average molecular weight is 267 g/mol. The van der Waals surface area contributed by atoms with Crippen LogP contribution < -0.4 is 5.32 Å². The molecule has 3 atom stereocenters. The van der Waals surface area contributed by atoms with E-state index in [4.69, 9.17) is 4.42 Å². The summed E-state index contributed by atoms with van der Waals surface area (Å²) in [5, 5.41) is 4.19. The van der Waals surface area contributed by atoms with E-state index in [1.165, 1.54) is 37.0 Å². The molecular formula is C15H25NOS. The minimum absolute atomic E-state index is 0.650. The standard InChI is InChI=1S/C15H25NOS/c1-4-5-12-6-7-13(16-3)15(10-12)18-14-8-9-17-11(14)2/h8-9,12-13,15-16H,4-7,10H2,1-3H3. The van der Waals surface area contributed by atoms with Gasteiger partial charge in [0.1, 0.15) is 5.76 Å². The molecule has 1 saturated carbocycles. The molecule has 1 fully saturated rings. The highest BCUT2D eigenvalue weighted by Crippen LogP contribution is 2.39. The molecule has 0 spiro atoms. The highest BCUT2D eigenvalue weighted by Gasteiger charge is 2.30. The van der Waals surface area contributed by atoms with E-state index < -0.39 is 0 Å². The van der Waals surface area contributed by atoms with Gasteiger partial charge in [0.05, 0.1) is 6.26 Å². The fourth-order valence-corrected chi connectivity index (χ4v) is 4.48. The third-order valence-corrected chi connectivity index (χ3v) is 5.56. The molecular weight excluding hydrogens is 242 g/mol. The summed E-state index contributed by atoms with van der Waals surface area (Å²) in [6, 6.07) is 2.76. The van der Waals surface area contributed by atoms with Crippen molar-refractivity contribution in [1.82, 2.24) is 5.32 Å². The van der Waals surface area contributed by atoms with Gasteiger partial charge in [-0.3, -0.25) is 0 Å². The summed E-state index contributed by atoms with van der Waals surface area (Å²) in [4.78, 5) is 1.32. The van der Waals surface area contributed by atoms with Gasteiger partial charge in [-0.05, 0) is 45.2 Å². The fourth-order valence-electron chi connectivity index (χ4n) is 3.00. The molecule has 3 unspecified atom stereocenters. The number of nitrogens with one attached hydrogen (secondary N) is 1. The first-order chi connectivity index (χ1) is 8.74. The van der Waals surface area contributed by atoms with Crippen LogP contribution in [0.25, 0.3) is 0 Å². The summed E-state index contributed by atoms with van der Waals surface area (Å²) < 4.78 is 5.41. The largest absolute Gasteiger partial charge is 0.468 e. The lowest BCUT2D eigenvalue weighted by Crippen LogP contribution is -2.40. The Bertz CT molecular complexity index is 363. The summed E-state index contributed by atoms with van der Waals surface area (Å²) in [5.41, 5.74) is 0. The second-order valence-electron chi connectivity index (χ2n) is 5.36. The Morgan fingerprint density at radius 3 is 2.89 bits per heavy atom. The van der Waals surface area contributed by atoms with Crippen LogP contribution in [0.3, 0.4) is 0 Å². The Labute approximate surface area is 115 Å². The van der Waals surface area contributed by atoms with Crippen molar-refractivity contribution >= 4 is 11.8 Å². The summed E-state index contributed by atoms with van der Waals surface area (Å²) in [5.74, 6) is 1.98. The van der Waals surface area contributed by atoms with Gasteiger partial charge in [0.25, 0.3) is 0 Å². The smallest absolute Gasteiger partial charge is 0.114 e. The maximum atomic E-state index is 5.41. The Hall–Kier alpha value is -0.410. The van der Waals surface area contributed by atoms with Crippen LogP contribution in [-0.4, -0.2) is 18.3 Å². The van der Waals surface area contributed by atoms with Crippen LogP contribution in [0.4, 0.5) is 0 Å². The van der Waals surface area contributed by atoms with Gasteiger partial charge in [-0.1, -0.05) is 19.8 Å². The zero-order chi connectivity index (χ0) is 13.0. The van der Waals surface area contributed by atoms with Gasteiger partial charge in [-0.25, -0.2) is 0 Å². The third kappa shape index (κ3) is 3.33. The first-order valence-electron chi connectivity index (χ1n) is 7.12. The van der Waals surface area contributed by atoms with E-state index in [0.717, 1.165) is 11.7 Å². The molecule has 1 aliphatic rings. The average Bonchev–Trinajstić information content (AvgIpc) is 2.76. The van der Waals surface area contributed by atoms with Crippen molar-refractivity contribution in [1.29, 1.82) is 0 Å². The quantitative estimate of drug-likeness (QED) is 0.864. The van der Waals surface area contributed by atoms with Crippen LogP contribution in [0, 0.1) is 12.8 Å². The molecule has 0 aliphatic heterocycles. The fraction of sp³-hybridized carbons (Fsp3) is 0.733. The maximum absolute atomic E-state index is 5.41. The number of hydrogen-bond donors (Lipinski definition) is 1. The Kier molecular flexibility index (Phi) is 5.19. The molecule has 1 aromatic heterocycles. The number of hydrogen-bond acceptors (Lipinski definition) is 3. The normalized spacial score (nSPS) is 28.5. The van der Waals surface area contributed by atoms with Gasteiger partial charge in [0.2, 0.25) is 0 Å². The van der Waals surface area contributed by atoms with Crippen LogP contribution in [0.15, 0.2) is 21.6 Å². The van der Waals surface area contributed by atoms with Crippen molar-refractivity contribution in [3.8, 4) is 0 Å². The van der Waals surface area contributed by atoms with E-state index in [9.17, 15) is 0 Å². The van der Waals surface area contributed by atoms with Gasteiger partial charge < -0.3 is 9.73 Å². The monoisotopic (exact) mass is 267 g/mol. The summed E-state index contributed by atoms with van der Waals surface area (Å²) in [7, 11) is 2.10. The first kappa shape index (κ1) is 14.0. The zero-order valence-corrected chi connectivity index (χ0v) is 12.6. The molecule has 18 heavy (non-hydrogen) atoms. The van der Waals surface area contributed by atoms with Crippen molar-refractivity contribution in [3.63, 3.8) is 0 Å². The predicted molar refractivity (Wildman–Crippen MR) is 78.2 cm³/mol. The topological polar surface area (TPSA) is 25.2 Å². The minimum Gasteiger partial charge on any atom is -0.468 e. The Balaban J connectivity index is 2.00. The third-order valence-electron chi connectivity index (χ3n) is 4.06. The predicted octanol–water partition coefficient (Wildman–Crippen LogP) is 4.24. The zero-order valence-electron chi connectivity index (χ0n) is 11.7. The highest BCUT2D eigenvalue weighted by molar-refractivity contribution is 8.00. The summed E-state index contributed by atoms with van der Waals surface area (Å²) in [6.45, 7) is 4.36. The molecule has 1 aliphatic carbocycles. The molecule has 0 saturated heterocycles. The van der Waals surface area contributed by atoms with Crippen molar-refractivity contribution < 1.29 is 4.42 Å². The molecule has 102 valence electrons. The highest BCUT2D eigenvalue weighted by atomic mass is 32.2. The first-order valence-corrected chi connectivity index (χ1v) is 8.00. The molecule has 1 N–H and O–H groups in total. The van der Waals surface area contributed by atoms with Gasteiger partial charge >= 0.3 is 0 Å². The lowest BCUT2D eigenvalue weighted by Gasteiger charge is -2.35. The SMILES string of the molecule is CCCC1CCC(NC)C(Sc2ccoc2C)C1. The van der Waals surface area contributed by atoms with Crippen LogP contribution in [0.5, 0.6) is 0 Å². The molecule has 0 amide bonds. The van der Waals surface area contributed by atoms with Crippen molar-refractivity contribution in [2.45, 2.75) is 62.1 Å². The van der Waals surface area contributed by atoms with Crippen LogP contribution in [-0.2, 0) is 0 Å². The van der Waals surface area contributed by atoms with Gasteiger partial charge in [0, 0.05) is 16.2 Å². The van der Waals surface area contributed by atoms with E-state index in [-0.39, 0.29) is 0 Å². The van der Waals surface area contributed by atoms with Crippen molar-refractivity contribution in [2.24, 2.45) is 5.92 Å². The van der Waals surface area contributed by atoms with Crippen LogP contribution in [0.1, 0.15) is 44.8 Å². The van der Waals surface area contributed by atoms with Crippen molar-refractivity contribution in [2.75, 3.05) is 7.05 Å². The van der Waals surface area contributed by atoms with Crippen LogP contribution in [0.2, 0.25) is 0 Å². The van der Waals surface area contributed by atoms with Gasteiger partial charge in [-0.2, -0.15) is 0 Å².